The molecule has 6 atom stereocenters. The molecule has 0 aliphatic heterocycles. The van der Waals surface area contributed by atoms with Gasteiger partial charge in [0, 0.05) is 5.92 Å². The molecule has 0 bridgehead atoms. The van der Waals surface area contributed by atoms with Crippen LogP contribution in [0.15, 0.2) is 23.8 Å². The molecule has 3 nitrogen and oxygen atoms in total. The van der Waals surface area contributed by atoms with E-state index < -0.39 is 5.41 Å². The molecule has 4 aliphatic carbocycles. The summed E-state index contributed by atoms with van der Waals surface area (Å²) in [4.78, 5) is 36.8. The summed E-state index contributed by atoms with van der Waals surface area (Å²) >= 11 is 0. The molecule has 4 aliphatic rings. The number of hydrogen-bond donors (Lipinski definition) is 0. The molecule has 0 aromatic rings. The van der Waals surface area contributed by atoms with Crippen LogP contribution < -0.4 is 0 Å². The van der Waals surface area contributed by atoms with Gasteiger partial charge in [-0.3, -0.25) is 14.4 Å². The fourth-order valence-corrected chi connectivity index (χ4v) is 6.54. The summed E-state index contributed by atoms with van der Waals surface area (Å²) in [7, 11) is 0. The maximum Gasteiger partial charge on any atom is 0.163 e. The topological polar surface area (TPSA) is 51.2 Å². The van der Waals surface area contributed by atoms with E-state index in [1.54, 1.807) is 13.0 Å². The minimum absolute atomic E-state index is 0.0507. The molecule has 0 heterocycles. The summed E-state index contributed by atoms with van der Waals surface area (Å²) < 4.78 is 0. The van der Waals surface area contributed by atoms with Crippen molar-refractivity contribution < 1.29 is 14.4 Å². The molecule has 0 radical (unpaired) electrons. The van der Waals surface area contributed by atoms with Crippen LogP contribution in [0.5, 0.6) is 0 Å². The van der Waals surface area contributed by atoms with Crippen molar-refractivity contribution in [1.82, 2.24) is 0 Å². The van der Waals surface area contributed by atoms with Crippen molar-refractivity contribution in [3.63, 3.8) is 0 Å². The average molecular weight is 326 g/mol. The Morgan fingerprint density at radius 1 is 1.12 bits per heavy atom. The van der Waals surface area contributed by atoms with Crippen molar-refractivity contribution in [3.8, 4) is 0 Å². The Kier molecular flexibility index (Phi) is 3.33. The highest BCUT2D eigenvalue weighted by molar-refractivity contribution is 6.11. The number of hydrogen-bond acceptors (Lipinski definition) is 3. The highest BCUT2D eigenvalue weighted by Crippen LogP contribution is 2.64. The molecule has 0 spiro atoms. The first-order chi connectivity index (χ1) is 11.3. The second kappa shape index (κ2) is 5.00. The number of carbonyl (C=O) groups is 3. The molecule has 0 unspecified atom stereocenters. The van der Waals surface area contributed by atoms with Gasteiger partial charge in [-0.1, -0.05) is 19.1 Å². The summed E-state index contributed by atoms with van der Waals surface area (Å²) in [5, 5.41) is 0. The minimum atomic E-state index is -0.511. The zero-order chi connectivity index (χ0) is 17.3. The van der Waals surface area contributed by atoms with Crippen molar-refractivity contribution in [2.75, 3.05) is 0 Å². The Morgan fingerprint density at radius 3 is 2.58 bits per heavy atom. The fraction of sp³-hybridized carbons (Fsp3) is 0.667. The van der Waals surface area contributed by atoms with Gasteiger partial charge in [0.15, 0.2) is 11.6 Å². The summed E-state index contributed by atoms with van der Waals surface area (Å²) in [6.07, 6.45) is 10.1. The van der Waals surface area contributed by atoms with Crippen molar-refractivity contribution in [1.29, 1.82) is 0 Å². The van der Waals surface area contributed by atoms with Gasteiger partial charge in [0.1, 0.15) is 5.78 Å². The van der Waals surface area contributed by atoms with E-state index in [1.165, 1.54) is 0 Å². The van der Waals surface area contributed by atoms with E-state index in [0.717, 1.165) is 31.3 Å². The largest absolute Gasteiger partial charge is 0.300 e. The Bertz CT molecular complexity index is 700. The third kappa shape index (κ3) is 1.87. The molecule has 128 valence electrons. The Balaban J connectivity index is 1.76. The first-order valence-corrected chi connectivity index (χ1v) is 9.25. The Hall–Kier alpha value is -1.51. The molecule has 2 fully saturated rings. The Morgan fingerprint density at radius 2 is 1.88 bits per heavy atom. The average Bonchev–Trinajstić information content (AvgIpc) is 2.86. The van der Waals surface area contributed by atoms with Crippen LogP contribution in [0.25, 0.3) is 0 Å². The number of Topliss-reactive ketones (excluding diaryl/α,β-unsaturated/α-hetero) is 2. The van der Waals surface area contributed by atoms with E-state index in [4.69, 9.17) is 0 Å². The van der Waals surface area contributed by atoms with Crippen LogP contribution in [-0.2, 0) is 14.4 Å². The fourth-order valence-electron chi connectivity index (χ4n) is 6.54. The van der Waals surface area contributed by atoms with Crippen LogP contribution >= 0.6 is 0 Å². The van der Waals surface area contributed by atoms with Crippen LogP contribution in [-0.4, -0.2) is 17.3 Å². The van der Waals surface area contributed by atoms with Gasteiger partial charge >= 0.3 is 0 Å². The van der Waals surface area contributed by atoms with Crippen molar-refractivity contribution >= 4 is 17.3 Å². The molecule has 0 amide bonds. The van der Waals surface area contributed by atoms with E-state index >= 15 is 0 Å². The number of allylic oxidation sites excluding steroid dienone is 4. The van der Waals surface area contributed by atoms with Crippen LogP contribution in [0.4, 0.5) is 0 Å². The van der Waals surface area contributed by atoms with E-state index in [-0.39, 0.29) is 35.2 Å². The Labute approximate surface area is 143 Å². The molecular weight excluding hydrogens is 300 g/mol. The third-order valence-corrected chi connectivity index (χ3v) is 7.89. The molecule has 4 rings (SSSR count). The molecule has 2 saturated carbocycles. The van der Waals surface area contributed by atoms with Gasteiger partial charge in [0.25, 0.3) is 0 Å². The monoisotopic (exact) mass is 326 g/mol. The van der Waals surface area contributed by atoms with Crippen molar-refractivity contribution in [3.05, 3.63) is 23.8 Å². The molecule has 0 aromatic carbocycles. The highest BCUT2D eigenvalue weighted by Gasteiger charge is 2.60. The summed E-state index contributed by atoms with van der Waals surface area (Å²) in [6.45, 7) is 6.08. The van der Waals surface area contributed by atoms with Gasteiger partial charge in [-0.15, -0.1) is 0 Å². The first kappa shape index (κ1) is 16.0. The normalized spacial score (nSPS) is 46.9. The van der Waals surface area contributed by atoms with Gasteiger partial charge in [-0.25, -0.2) is 0 Å². The summed E-state index contributed by atoms with van der Waals surface area (Å²) in [6, 6.07) is 0. The molecule has 0 saturated heterocycles. The van der Waals surface area contributed by atoms with Gasteiger partial charge < -0.3 is 0 Å². The van der Waals surface area contributed by atoms with Gasteiger partial charge in [0.2, 0.25) is 0 Å². The zero-order valence-electron chi connectivity index (χ0n) is 14.8. The lowest BCUT2D eigenvalue weighted by atomic mass is 9.48. The minimum Gasteiger partial charge on any atom is -0.300 e. The van der Waals surface area contributed by atoms with E-state index in [1.807, 2.05) is 6.08 Å². The lowest BCUT2D eigenvalue weighted by molar-refractivity contribution is -0.138. The third-order valence-electron chi connectivity index (χ3n) is 7.89. The van der Waals surface area contributed by atoms with Crippen LogP contribution in [0.3, 0.4) is 0 Å². The SMILES string of the molecule is CC(=O)[C@H]1CC[C@H]2[C@@H]3C=CC4=CC(=O)CC(=O)[C@]4(C)[C@H]3CC[C@]12C. The van der Waals surface area contributed by atoms with E-state index in [9.17, 15) is 14.4 Å². The summed E-state index contributed by atoms with van der Waals surface area (Å²) in [5.74, 6) is 1.63. The van der Waals surface area contributed by atoms with Crippen molar-refractivity contribution in [2.45, 2.75) is 52.9 Å². The molecule has 24 heavy (non-hydrogen) atoms. The van der Waals surface area contributed by atoms with Gasteiger partial charge in [0.05, 0.1) is 11.8 Å². The number of rotatable bonds is 1. The number of carbonyl (C=O) groups excluding carboxylic acids is 3. The van der Waals surface area contributed by atoms with E-state index in [0.29, 0.717) is 17.6 Å². The molecule has 0 aromatic heterocycles. The summed E-state index contributed by atoms with van der Waals surface area (Å²) in [5.41, 5.74) is 0.473. The highest BCUT2D eigenvalue weighted by atomic mass is 16.2. The molecular formula is C21H26O3. The standard InChI is InChI=1S/C21H26O3/c1-12(22)16-6-7-17-15-5-4-13-10-14(23)11-19(24)21(13,3)18(15)8-9-20(16,17)2/h4-5,10,15-18H,6-9,11H2,1-3H3/t15-,16+,17-,18-,20+,21-/m0/s1. The van der Waals surface area contributed by atoms with Gasteiger partial charge in [-0.05, 0) is 74.3 Å². The van der Waals surface area contributed by atoms with Gasteiger partial charge in [-0.2, -0.15) is 0 Å². The smallest absolute Gasteiger partial charge is 0.163 e. The molecule has 0 N–H and O–H groups in total. The second-order valence-electron chi connectivity index (χ2n) is 8.80. The predicted octanol–water partition coefficient (Wildman–Crippen LogP) is 3.68. The maximum absolute atomic E-state index is 12.8. The maximum atomic E-state index is 12.8. The van der Waals surface area contributed by atoms with Crippen LogP contribution in [0, 0.1) is 34.5 Å². The second-order valence-corrected chi connectivity index (χ2v) is 8.80. The van der Waals surface area contributed by atoms with Crippen LogP contribution in [0.2, 0.25) is 0 Å². The number of fused-ring (bicyclic) bond motifs is 5. The predicted molar refractivity (Wildman–Crippen MR) is 91.2 cm³/mol. The van der Waals surface area contributed by atoms with E-state index in [2.05, 4.69) is 19.9 Å². The number of ketones is 3. The lowest BCUT2D eigenvalue weighted by Crippen LogP contribution is -2.52. The van der Waals surface area contributed by atoms with Crippen molar-refractivity contribution in [2.24, 2.45) is 34.5 Å². The first-order valence-electron chi connectivity index (χ1n) is 9.25. The quantitative estimate of drug-likeness (QED) is 0.691. The lowest BCUT2D eigenvalue weighted by Gasteiger charge is -2.55. The molecule has 3 heteroatoms. The van der Waals surface area contributed by atoms with Crippen LogP contribution in [0.1, 0.15) is 52.9 Å². The zero-order valence-corrected chi connectivity index (χ0v) is 14.8.